The van der Waals surface area contributed by atoms with Crippen molar-refractivity contribution in [1.29, 1.82) is 0 Å². The number of carbonyl (C=O) groups excluding carboxylic acids is 1. The minimum absolute atomic E-state index is 0.0431. The van der Waals surface area contributed by atoms with E-state index in [2.05, 4.69) is 0 Å². The molecule has 1 aliphatic heterocycles. The number of aliphatic hydroxyl groups is 1. The van der Waals surface area contributed by atoms with E-state index in [0.717, 1.165) is 19.8 Å². The summed E-state index contributed by atoms with van der Waals surface area (Å²) in [7, 11) is 0. The predicted octanol–water partition coefficient (Wildman–Crippen LogP) is 3.54. The fourth-order valence-electron chi connectivity index (χ4n) is 2.67. The van der Waals surface area contributed by atoms with Crippen LogP contribution in [0, 0.1) is 0 Å². The maximum Gasteiger partial charge on any atom is 0.421 e. The van der Waals surface area contributed by atoms with Gasteiger partial charge in [0.05, 0.1) is 0 Å². The lowest BCUT2D eigenvalue weighted by Crippen LogP contribution is -2.39. The quantitative estimate of drug-likeness (QED) is 0.907. The molecule has 1 amide bonds. The molecule has 0 saturated heterocycles. The Labute approximate surface area is 127 Å². The number of halogens is 3. The highest BCUT2D eigenvalue weighted by Crippen LogP contribution is 2.40. The summed E-state index contributed by atoms with van der Waals surface area (Å²) < 4.78 is 38.9. The fourth-order valence-corrected chi connectivity index (χ4v) is 2.67. The van der Waals surface area contributed by atoms with Crippen molar-refractivity contribution >= 4 is 11.6 Å². The zero-order valence-electron chi connectivity index (χ0n) is 12.7. The first-order valence-corrected chi connectivity index (χ1v) is 7.41. The molecule has 3 nitrogen and oxygen atoms in total. The summed E-state index contributed by atoms with van der Waals surface area (Å²) in [5, 5.41) is 9.81. The molecule has 1 aromatic rings. The van der Waals surface area contributed by atoms with Crippen LogP contribution in [0.4, 0.5) is 18.9 Å². The number of aryl methyl sites for hydroxylation is 1. The lowest BCUT2D eigenvalue weighted by atomic mass is 9.92. The molecule has 0 spiro atoms. The number of fused-ring (bicyclic) bond motifs is 1. The van der Waals surface area contributed by atoms with E-state index in [4.69, 9.17) is 0 Å². The van der Waals surface area contributed by atoms with Crippen LogP contribution in [0.1, 0.15) is 44.2 Å². The molecule has 22 heavy (non-hydrogen) atoms. The maximum atomic E-state index is 13.0. The molecule has 2 rings (SSSR count). The Morgan fingerprint density at radius 3 is 2.59 bits per heavy atom. The van der Waals surface area contributed by atoms with Crippen molar-refractivity contribution in [1.82, 2.24) is 0 Å². The van der Waals surface area contributed by atoms with E-state index >= 15 is 0 Å². The number of hydrogen-bond acceptors (Lipinski definition) is 2. The summed E-state index contributed by atoms with van der Waals surface area (Å²) in [6.07, 6.45) is -2.18. The van der Waals surface area contributed by atoms with Crippen molar-refractivity contribution in [2.75, 3.05) is 11.4 Å². The topological polar surface area (TPSA) is 40.5 Å². The van der Waals surface area contributed by atoms with Gasteiger partial charge in [-0.3, -0.25) is 4.79 Å². The van der Waals surface area contributed by atoms with Gasteiger partial charge in [-0.15, -0.1) is 0 Å². The third-order valence-corrected chi connectivity index (χ3v) is 4.17. The van der Waals surface area contributed by atoms with Gasteiger partial charge in [-0.25, -0.2) is 0 Å². The summed E-state index contributed by atoms with van der Waals surface area (Å²) in [5.74, 6) is -0.0431. The van der Waals surface area contributed by atoms with Crippen molar-refractivity contribution < 1.29 is 23.1 Å². The number of rotatable bonds is 2. The van der Waals surface area contributed by atoms with Crippen LogP contribution in [0.3, 0.4) is 0 Å². The lowest BCUT2D eigenvalue weighted by molar-refractivity contribution is -0.258. The number of carbonyl (C=O) groups is 1. The van der Waals surface area contributed by atoms with Gasteiger partial charge in [0.15, 0.2) is 5.60 Å². The summed E-state index contributed by atoms with van der Waals surface area (Å²) in [4.78, 5) is 13.7. The highest BCUT2D eigenvalue weighted by Gasteiger charge is 2.51. The average Bonchev–Trinajstić information content (AvgIpc) is 2.66. The van der Waals surface area contributed by atoms with Gasteiger partial charge in [-0.2, -0.15) is 13.2 Å². The van der Waals surface area contributed by atoms with Gasteiger partial charge in [0, 0.05) is 18.7 Å². The first kappa shape index (κ1) is 16.8. The molecule has 0 saturated carbocycles. The largest absolute Gasteiger partial charge is 0.421 e. The molecule has 1 N–H and O–H groups in total. The van der Waals surface area contributed by atoms with Crippen LogP contribution >= 0.6 is 0 Å². The Balaban J connectivity index is 2.46. The number of amides is 1. The molecular weight excluding hydrogens is 295 g/mol. The van der Waals surface area contributed by atoms with E-state index < -0.39 is 11.8 Å². The smallest absolute Gasteiger partial charge is 0.376 e. The van der Waals surface area contributed by atoms with Gasteiger partial charge in [-0.05, 0) is 43.4 Å². The van der Waals surface area contributed by atoms with Crippen LogP contribution in [0.15, 0.2) is 18.2 Å². The van der Waals surface area contributed by atoms with Gasteiger partial charge in [-0.1, -0.05) is 19.1 Å². The van der Waals surface area contributed by atoms with Gasteiger partial charge in [0.2, 0.25) is 5.91 Å². The second-order valence-electron chi connectivity index (χ2n) is 5.77. The molecule has 1 heterocycles. The molecule has 1 unspecified atom stereocenters. The molecule has 0 aromatic heterocycles. The highest BCUT2D eigenvalue weighted by atomic mass is 19.4. The van der Waals surface area contributed by atoms with Gasteiger partial charge >= 0.3 is 6.18 Å². The monoisotopic (exact) mass is 315 g/mol. The standard InChI is InChI=1S/C16H20F3NO2/c1-3-14(21)20-9-5-4-6-11-10-12(7-8-13(11)20)15(2,22)16(17,18)19/h7-8,10,22H,3-6,9H2,1-2H3. The molecule has 0 fully saturated rings. The van der Waals surface area contributed by atoms with Gasteiger partial charge in [0.25, 0.3) is 0 Å². The van der Waals surface area contributed by atoms with E-state index in [1.54, 1.807) is 11.8 Å². The van der Waals surface area contributed by atoms with Crippen LogP contribution in [-0.2, 0) is 16.8 Å². The Hall–Kier alpha value is -1.56. The van der Waals surface area contributed by atoms with Crippen molar-refractivity contribution in [3.63, 3.8) is 0 Å². The van der Waals surface area contributed by atoms with Crippen LogP contribution in [-0.4, -0.2) is 23.7 Å². The normalized spacial score (nSPS) is 18.4. The van der Waals surface area contributed by atoms with Crippen molar-refractivity contribution in [3.8, 4) is 0 Å². The predicted molar refractivity (Wildman–Crippen MR) is 77.6 cm³/mol. The van der Waals surface area contributed by atoms with E-state index in [1.807, 2.05) is 0 Å². The molecule has 1 atom stereocenters. The van der Waals surface area contributed by atoms with Crippen molar-refractivity contribution in [2.24, 2.45) is 0 Å². The Kier molecular flexibility index (Phi) is 4.52. The number of anilines is 1. The minimum Gasteiger partial charge on any atom is -0.376 e. The third kappa shape index (κ3) is 2.97. The second kappa shape index (κ2) is 5.91. The van der Waals surface area contributed by atoms with Crippen LogP contribution in [0.25, 0.3) is 0 Å². The molecule has 0 bridgehead atoms. The van der Waals surface area contributed by atoms with Crippen LogP contribution < -0.4 is 4.90 Å². The van der Waals surface area contributed by atoms with E-state index in [0.29, 0.717) is 30.6 Å². The molecule has 1 aliphatic rings. The van der Waals surface area contributed by atoms with Gasteiger partial charge < -0.3 is 10.0 Å². The minimum atomic E-state index is -4.75. The zero-order chi connectivity index (χ0) is 16.5. The number of benzene rings is 1. The first-order chi connectivity index (χ1) is 10.2. The van der Waals surface area contributed by atoms with Crippen molar-refractivity contribution in [2.45, 2.75) is 51.3 Å². The van der Waals surface area contributed by atoms with E-state index in [9.17, 15) is 23.1 Å². The second-order valence-corrected chi connectivity index (χ2v) is 5.77. The number of hydrogen-bond donors (Lipinski definition) is 1. The highest BCUT2D eigenvalue weighted by molar-refractivity contribution is 5.94. The fraction of sp³-hybridized carbons (Fsp3) is 0.562. The number of alkyl halides is 3. The molecule has 6 heteroatoms. The lowest BCUT2D eigenvalue weighted by Gasteiger charge is -2.29. The summed E-state index contributed by atoms with van der Waals surface area (Å²) >= 11 is 0. The van der Waals surface area contributed by atoms with E-state index in [1.165, 1.54) is 18.2 Å². The summed E-state index contributed by atoms with van der Waals surface area (Å²) in [6, 6.07) is 4.15. The Morgan fingerprint density at radius 1 is 1.32 bits per heavy atom. The Bertz CT molecular complexity index is 567. The Morgan fingerprint density at radius 2 is 2.00 bits per heavy atom. The molecular formula is C16H20F3NO2. The first-order valence-electron chi connectivity index (χ1n) is 7.41. The molecule has 1 aromatic carbocycles. The summed E-state index contributed by atoms with van der Waals surface area (Å²) in [6.45, 7) is 3.09. The molecule has 0 radical (unpaired) electrons. The van der Waals surface area contributed by atoms with E-state index in [-0.39, 0.29) is 11.5 Å². The maximum absolute atomic E-state index is 13.0. The van der Waals surface area contributed by atoms with Crippen LogP contribution in [0.2, 0.25) is 0 Å². The van der Waals surface area contributed by atoms with Crippen LogP contribution in [0.5, 0.6) is 0 Å². The molecule has 0 aliphatic carbocycles. The zero-order valence-corrected chi connectivity index (χ0v) is 12.7. The SMILES string of the molecule is CCC(=O)N1CCCCc2cc(C(C)(O)C(F)(F)F)ccc21. The molecule has 122 valence electrons. The van der Waals surface area contributed by atoms with Crippen molar-refractivity contribution in [3.05, 3.63) is 29.3 Å². The third-order valence-electron chi connectivity index (χ3n) is 4.17. The number of nitrogens with zero attached hydrogens (tertiary/aromatic N) is 1. The average molecular weight is 315 g/mol. The van der Waals surface area contributed by atoms with Gasteiger partial charge in [0.1, 0.15) is 0 Å². The summed E-state index contributed by atoms with van der Waals surface area (Å²) in [5.41, 5.74) is -1.74.